The quantitative estimate of drug-likeness (QED) is 0.613. The average Bonchev–Trinajstić information content (AvgIpc) is 2.67. The number of hydrogen-bond acceptors (Lipinski definition) is 3. The van der Waals surface area contributed by atoms with Crippen LogP contribution in [0.15, 0.2) is 30.5 Å². The van der Waals surface area contributed by atoms with Crippen LogP contribution >= 0.6 is 0 Å². The zero-order chi connectivity index (χ0) is 11.7. The van der Waals surface area contributed by atoms with Crippen molar-refractivity contribution in [3.05, 3.63) is 47.5 Å². The number of nitrogen functional groups attached to an aromatic ring is 1. The third-order valence-corrected chi connectivity index (χ3v) is 2.31. The van der Waals surface area contributed by atoms with Gasteiger partial charge in [-0.3, -0.25) is 9.48 Å². The molecule has 0 aliphatic rings. The van der Waals surface area contributed by atoms with Crippen molar-refractivity contribution in [2.75, 3.05) is 5.73 Å². The van der Waals surface area contributed by atoms with Crippen molar-refractivity contribution in [2.24, 2.45) is 7.05 Å². The molecule has 4 nitrogen and oxygen atoms in total. The topological polar surface area (TPSA) is 60.9 Å². The minimum absolute atomic E-state index is 0.156. The van der Waals surface area contributed by atoms with Gasteiger partial charge in [0.2, 0.25) is 5.78 Å². The van der Waals surface area contributed by atoms with Crippen molar-refractivity contribution >= 4 is 11.5 Å². The summed E-state index contributed by atoms with van der Waals surface area (Å²) >= 11 is 0. The molecule has 1 aromatic carbocycles. The van der Waals surface area contributed by atoms with E-state index in [4.69, 9.17) is 5.73 Å². The van der Waals surface area contributed by atoms with E-state index >= 15 is 0 Å². The van der Waals surface area contributed by atoms with E-state index < -0.39 is 5.82 Å². The second-order valence-electron chi connectivity index (χ2n) is 3.40. The van der Waals surface area contributed by atoms with Crippen LogP contribution in [0.25, 0.3) is 0 Å². The highest BCUT2D eigenvalue weighted by molar-refractivity contribution is 6.11. The first-order valence-electron chi connectivity index (χ1n) is 4.67. The van der Waals surface area contributed by atoms with Gasteiger partial charge in [0.25, 0.3) is 0 Å². The molecule has 16 heavy (non-hydrogen) atoms. The predicted molar refractivity (Wildman–Crippen MR) is 57.5 cm³/mol. The predicted octanol–water partition coefficient (Wildman–Crippen LogP) is 1.37. The molecule has 0 saturated carbocycles. The number of halogens is 1. The van der Waals surface area contributed by atoms with Gasteiger partial charge in [0.1, 0.15) is 11.5 Å². The first-order chi connectivity index (χ1) is 7.59. The van der Waals surface area contributed by atoms with Gasteiger partial charge in [-0.1, -0.05) is 0 Å². The van der Waals surface area contributed by atoms with Gasteiger partial charge in [-0.25, -0.2) is 4.39 Å². The van der Waals surface area contributed by atoms with E-state index in [0.29, 0.717) is 5.69 Å². The zero-order valence-electron chi connectivity index (χ0n) is 8.64. The highest BCUT2D eigenvalue weighted by Crippen LogP contribution is 2.17. The maximum absolute atomic E-state index is 13.0. The molecule has 5 heteroatoms. The largest absolute Gasteiger partial charge is 0.398 e. The lowest BCUT2D eigenvalue weighted by atomic mass is 10.1. The van der Waals surface area contributed by atoms with E-state index in [-0.39, 0.29) is 17.0 Å². The standard InChI is InChI=1S/C11H10FN3O/c1-15-10(4-5-14-15)11(16)8-6-7(12)2-3-9(8)13/h2-6H,13H2,1H3. The summed E-state index contributed by atoms with van der Waals surface area (Å²) in [5.41, 5.74) is 6.42. The van der Waals surface area contributed by atoms with E-state index in [2.05, 4.69) is 5.10 Å². The Balaban J connectivity index is 2.49. The van der Waals surface area contributed by atoms with E-state index in [9.17, 15) is 9.18 Å². The van der Waals surface area contributed by atoms with Gasteiger partial charge in [-0.05, 0) is 24.3 Å². The van der Waals surface area contributed by atoms with E-state index in [1.165, 1.54) is 23.0 Å². The molecule has 1 aromatic heterocycles. The number of carbonyl (C=O) groups is 1. The van der Waals surface area contributed by atoms with Crippen LogP contribution in [0.3, 0.4) is 0 Å². The van der Waals surface area contributed by atoms with Crippen molar-refractivity contribution < 1.29 is 9.18 Å². The van der Waals surface area contributed by atoms with E-state index in [1.54, 1.807) is 13.1 Å². The van der Waals surface area contributed by atoms with Crippen LogP contribution < -0.4 is 5.73 Å². The molecule has 2 N–H and O–H groups in total. The van der Waals surface area contributed by atoms with Crippen molar-refractivity contribution in [1.29, 1.82) is 0 Å². The number of rotatable bonds is 2. The number of hydrogen-bond donors (Lipinski definition) is 1. The van der Waals surface area contributed by atoms with Crippen LogP contribution in [0, 0.1) is 5.82 Å². The molecule has 0 bridgehead atoms. The Labute approximate surface area is 91.5 Å². The Morgan fingerprint density at radius 3 is 2.81 bits per heavy atom. The van der Waals surface area contributed by atoms with Crippen LogP contribution in [0.1, 0.15) is 16.1 Å². The molecule has 1 heterocycles. The maximum Gasteiger partial charge on any atom is 0.213 e. The van der Waals surface area contributed by atoms with Crippen LogP contribution in [0.4, 0.5) is 10.1 Å². The molecule has 0 atom stereocenters. The third kappa shape index (κ3) is 1.67. The molecule has 0 saturated heterocycles. The molecule has 0 amide bonds. The van der Waals surface area contributed by atoms with Gasteiger partial charge < -0.3 is 5.73 Å². The molecular weight excluding hydrogens is 209 g/mol. The second-order valence-corrected chi connectivity index (χ2v) is 3.40. The number of aromatic nitrogens is 2. The van der Waals surface area contributed by atoms with Gasteiger partial charge in [0, 0.05) is 24.5 Å². The van der Waals surface area contributed by atoms with Crippen molar-refractivity contribution in [3.63, 3.8) is 0 Å². The van der Waals surface area contributed by atoms with E-state index in [1.807, 2.05) is 0 Å². The lowest BCUT2D eigenvalue weighted by Crippen LogP contribution is -2.10. The van der Waals surface area contributed by atoms with Gasteiger partial charge in [-0.2, -0.15) is 5.10 Å². The smallest absolute Gasteiger partial charge is 0.213 e. The summed E-state index contributed by atoms with van der Waals surface area (Å²) in [6, 6.07) is 5.28. The summed E-state index contributed by atoms with van der Waals surface area (Å²) in [6.45, 7) is 0. The van der Waals surface area contributed by atoms with Gasteiger partial charge in [0.05, 0.1) is 0 Å². The molecule has 0 fully saturated rings. The SMILES string of the molecule is Cn1nccc1C(=O)c1cc(F)ccc1N. The second kappa shape index (κ2) is 3.77. The fourth-order valence-electron chi connectivity index (χ4n) is 1.46. The number of ketones is 1. The van der Waals surface area contributed by atoms with Crippen LogP contribution in [0.2, 0.25) is 0 Å². The Morgan fingerprint density at radius 1 is 1.44 bits per heavy atom. The number of anilines is 1. The number of nitrogens with zero attached hydrogens (tertiary/aromatic N) is 2. The highest BCUT2D eigenvalue weighted by Gasteiger charge is 2.16. The van der Waals surface area contributed by atoms with Crippen molar-refractivity contribution in [2.45, 2.75) is 0 Å². The molecular formula is C11H10FN3O. The lowest BCUT2D eigenvalue weighted by Gasteiger charge is -2.04. The van der Waals surface area contributed by atoms with Crippen LogP contribution in [-0.4, -0.2) is 15.6 Å². The van der Waals surface area contributed by atoms with Crippen LogP contribution in [0.5, 0.6) is 0 Å². The molecule has 0 radical (unpaired) electrons. The summed E-state index contributed by atoms with van der Waals surface area (Å²) < 4.78 is 14.4. The lowest BCUT2D eigenvalue weighted by molar-refractivity contribution is 0.103. The summed E-state index contributed by atoms with van der Waals surface area (Å²) in [5, 5.41) is 3.88. The Hall–Kier alpha value is -2.17. The van der Waals surface area contributed by atoms with Crippen LogP contribution in [-0.2, 0) is 7.05 Å². The normalized spacial score (nSPS) is 10.4. The Kier molecular flexibility index (Phi) is 2.44. The van der Waals surface area contributed by atoms with Gasteiger partial charge in [-0.15, -0.1) is 0 Å². The van der Waals surface area contributed by atoms with Gasteiger partial charge in [0.15, 0.2) is 0 Å². The number of carbonyl (C=O) groups excluding carboxylic acids is 1. The minimum atomic E-state index is -0.486. The summed E-state index contributed by atoms with van der Waals surface area (Å²) in [7, 11) is 1.64. The molecule has 0 aliphatic heterocycles. The Bertz CT molecular complexity index is 548. The zero-order valence-corrected chi connectivity index (χ0v) is 8.64. The fourth-order valence-corrected chi connectivity index (χ4v) is 1.46. The van der Waals surface area contributed by atoms with Crippen molar-refractivity contribution in [3.8, 4) is 0 Å². The summed E-state index contributed by atoms with van der Waals surface area (Å²) in [6.07, 6.45) is 1.50. The number of nitrogens with two attached hydrogens (primary N) is 1. The third-order valence-electron chi connectivity index (χ3n) is 2.31. The first-order valence-corrected chi connectivity index (χ1v) is 4.67. The molecule has 0 aliphatic carbocycles. The Morgan fingerprint density at radius 2 is 2.19 bits per heavy atom. The maximum atomic E-state index is 13.0. The van der Waals surface area contributed by atoms with Crippen molar-refractivity contribution in [1.82, 2.24) is 9.78 Å². The molecule has 0 unspecified atom stereocenters. The fraction of sp³-hybridized carbons (Fsp3) is 0.0909. The number of benzene rings is 1. The molecule has 2 aromatic rings. The summed E-state index contributed by atoms with van der Waals surface area (Å²) in [4.78, 5) is 12.0. The molecule has 82 valence electrons. The van der Waals surface area contributed by atoms with Gasteiger partial charge >= 0.3 is 0 Å². The van der Waals surface area contributed by atoms with E-state index in [0.717, 1.165) is 6.07 Å². The highest BCUT2D eigenvalue weighted by atomic mass is 19.1. The average molecular weight is 219 g/mol. The first kappa shape index (κ1) is 10.4. The molecule has 0 spiro atoms. The number of aryl methyl sites for hydroxylation is 1. The summed E-state index contributed by atoms with van der Waals surface area (Å²) in [5.74, 6) is -0.822. The minimum Gasteiger partial charge on any atom is -0.398 e. The molecule has 2 rings (SSSR count). The monoisotopic (exact) mass is 219 g/mol.